The second-order valence-electron chi connectivity index (χ2n) is 20.0. The van der Waals surface area contributed by atoms with Gasteiger partial charge in [0.05, 0.1) is 35.8 Å². The predicted molar refractivity (Wildman–Crippen MR) is 286 cm³/mol. The molecule has 3 N–H and O–H groups in total. The Bertz CT molecular complexity index is 3690. The zero-order valence-corrected chi connectivity index (χ0v) is 41.4. The van der Waals surface area contributed by atoms with E-state index in [9.17, 15) is 9.59 Å². The maximum atomic E-state index is 11.9. The fourth-order valence-corrected chi connectivity index (χ4v) is 12.8. The Hall–Kier alpha value is -7.52. The Kier molecular flexibility index (Phi) is 11.1. The van der Waals surface area contributed by atoms with Crippen LogP contribution in [0.1, 0.15) is 145 Å². The number of H-pyrrole nitrogens is 3. The van der Waals surface area contributed by atoms with Crippen LogP contribution in [-0.4, -0.2) is 50.1 Å². The summed E-state index contributed by atoms with van der Waals surface area (Å²) in [6.07, 6.45) is 4.54. The number of aryl methyl sites for hydroxylation is 4. The minimum atomic E-state index is -0.269. The standard InChI is InChI=1S/C62H59N5O4/c1-7-42-43(8-2)54-32-56-45(20-14-24-71-36(6)69)34(4)52(65-56)30-57-60-58-46-25-37-15-9-11-17-39(37)27-48(46)59(49-28-40-18-12-10-16-38(40)26-47(49)58)61(60)62(67-57)50-22-21-41(63-50)29-51-33(3)44(19-13-23-70-35(5)68)55(64-51)31-53(42)66-54/h9-12,15-18,21-22,25-32,58-61,63,65-66H,7-8,13-14,19-20,23-24H2,1-6H3. The van der Waals surface area contributed by atoms with Crippen molar-refractivity contribution in [2.75, 3.05) is 13.2 Å². The number of aromatic amines is 3. The highest BCUT2D eigenvalue weighted by Crippen LogP contribution is 2.67. The Morgan fingerprint density at radius 1 is 0.535 bits per heavy atom. The first kappa shape index (κ1) is 44.7. The molecular formula is C62H59N5O4. The van der Waals surface area contributed by atoms with Crippen molar-refractivity contribution in [1.29, 1.82) is 0 Å². The Labute approximate surface area is 413 Å². The molecule has 0 fully saturated rings. The second kappa shape index (κ2) is 17.7. The van der Waals surface area contributed by atoms with Gasteiger partial charge >= 0.3 is 11.9 Å². The highest BCUT2D eigenvalue weighted by atomic mass is 16.5. The van der Waals surface area contributed by atoms with Crippen molar-refractivity contribution in [3.63, 3.8) is 0 Å². The van der Waals surface area contributed by atoms with E-state index in [4.69, 9.17) is 19.4 Å². The van der Waals surface area contributed by atoms with Gasteiger partial charge in [0.1, 0.15) is 0 Å². The lowest BCUT2D eigenvalue weighted by molar-refractivity contribution is -0.142. The number of carbonyl (C=O) groups excluding carboxylic acids is 2. The molecule has 0 spiro atoms. The largest absolute Gasteiger partial charge is 0.466 e. The molecule has 3 aliphatic carbocycles. The molecule has 8 aromatic rings. The van der Waals surface area contributed by atoms with Crippen LogP contribution in [0.5, 0.6) is 0 Å². The average molecular weight is 938 g/mol. The molecule has 356 valence electrons. The van der Waals surface area contributed by atoms with Crippen LogP contribution >= 0.6 is 0 Å². The van der Waals surface area contributed by atoms with Crippen LogP contribution in [0.4, 0.5) is 0 Å². The van der Waals surface area contributed by atoms with Gasteiger partial charge in [0.25, 0.3) is 0 Å². The summed E-state index contributed by atoms with van der Waals surface area (Å²) in [6.45, 7) is 12.5. The van der Waals surface area contributed by atoms with Crippen molar-refractivity contribution < 1.29 is 19.1 Å². The van der Waals surface area contributed by atoms with Crippen LogP contribution in [-0.2, 0) is 38.3 Å². The molecule has 0 saturated carbocycles. The molecule has 71 heavy (non-hydrogen) atoms. The summed E-state index contributed by atoms with van der Waals surface area (Å²) in [5.41, 5.74) is 23.0. The van der Waals surface area contributed by atoms with E-state index in [1.54, 1.807) is 0 Å². The van der Waals surface area contributed by atoms with E-state index < -0.39 is 0 Å². The molecule has 2 aliphatic heterocycles. The van der Waals surface area contributed by atoms with Crippen LogP contribution < -0.4 is 0 Å². The van der Waals surface area contributed by atoms with Crippen LogP contribution in [0.25, 0.3) is 65.8 Å². The van der Waals surface area contributed by atoms with Gasteiger partial charge in [-0.3, -0.25) is 14.6 Å². The lowest BCUT2D eigenvalue weighted by Gasteiger charge is -2.48. The number of hydrogen-bond donors (Lipinski definition) is 3. The zero-order chi connectivity index (χ0) is 48.7. The van der Waals surface area contributed by atoms with Crippen molar-refractivity contribution in [2.24, 2.45) is 0 Å². The summed E-state index contributed by atoms with van der Waals surface area (Å²) >= 11 is 0. The third-order valence-corrected chi connectivity index (χ3v) is 16.0. The van der Waals surface area contributed by atoms with Crippen LogP contribution in [0.3, 0.4) is 0 Å². The molecule has 4 aromatic carbocycles. The smallest absolute Gasteiger partial charge is 0.302 e. The molecule has 0 radical (unpaired) electrons. The molecule has 0 amide bonds. The van der Waals surface area contributed by atoms with Gasteiger partial charge in [-0.2, -0.15) is 0 Å². The number of fused-ring (bicyclic) bond motifs is 13. The molecule has 12 bridgehead atoms. The number of esters is 2. The van der Waals surface area contributed by atoms with Crippen molar-refractivity contribution in [3.05, 3.63) is 176 Å². The minimum Gasteiger partial charge on any atom is -0.466 e. The Morgan fingerprint density at radius 3 is 1.65 bits per heavy atom. The summed E-state index contributed by atoms with van der Waals surface area (Å²) in [5.74, 6) is -0.258. The van der Waals surface area contributed by atoms with E-state index in [0.29, 0.717) is 26.1 Å². The number of allylic oxidation sites excluding steroid dienone is 2. The molecule has 6 heterocycles. The fourth-order valence-electron chi connectivity index (χ4n) is 12.8. The Morgan fingerprint density at radius 2 is 1.07 bits per heavy atom. The maximum absolute atomic E-state index is 11.9. The summed E-state index contributed by atoms with van der Waals surface area (Å²) < 4.78 is 10.9. The summed E-state index contributed by atoms with van der Waals surface area (Å²) in [7, 11) is 0. The third-order valence-electron chi connectivity index (χ3n) is 16.0. The SMILES string of the molecule is CCc1c(CC)c2cc3[nH]c(cc4nc(c5ccc(cc6nc(cc1[nH]2)C(CCCOC(C)=O)=C6C)[nH]5)C1C2c5cc6ccccc6cc5C(c5cc6ccccc6cc52)C41)c(C)c3CCCOC(C)=O. The molecule has 0 saturated heterocycles. The van der Waals surface area contributed by atoms with E-state index in [-0.39, 0.29) is 35.6 Å². The van der Waals surface area contributed by atoms with Gasteiger partial charge in [0.2, 0.25) is 0 Å². The number of nitrogens with zero attached hydrogens (tertiary/aromatic N) is 2. The first-order chi connectivity index (χ1) is 34.6. The van der Waals surface area contributed by atoms with E-state index in [1.807, 2.05) is 0 Å². The quantitative estimate of drug-likeness (QED) is 0.0926. The minimum absolute atomic E-state index is 0.0656. The van der Waals surface area contributed by atoms with E-state index in [1.165, 1.54) is 79.9 Å². The number of rotatable bonds is 10. The number of aromatic nitrogens is 5. The van der Waals surface area contributed by atoms with Gasteiger partial charge in [-0.25, -0.2) is 4.98 Å². The van der Waals surface area contributed by atoms with E-state index in [2.05, 4.69) is 152 Å². The van der Waals surface area contributed by atoms with Crippen molar-refractivity contribution >= 4 is 77.7 Å². The molecule has 2 atom stereocenters. The van der Waals surface area contributed by atoms with Crippen LogP contribution in [0, 0.1) is 6.92 Å². The normalized spacial score (nSPS) is 17.7. The van der Waals surface area contributed by atoms with Gasteiger partial charge in [-0.1, -0.05) is 86.6 Å². The highest BCUT2D eigenvalue weighted by Gasteiger charge is 2.54. The van der Waals surface area contributed by atoms with Crippen molar-refractivity contribution in [3.8, 4) is 0 Å². The molecule has 4 aromatic heterocycles. The van der Waals surface area contributed by atoms with Crippen molar-refractivity contribution in [1.82, 2.24) is 24.9 Å². The zero-order valence-electron chi connectivity index (χ0n) is 41.4. The van der Waals surface area contributed by atoms with Gasteiger partial charge < -0.3 is 24.4 Å². The summed E-state index contributed by atoms with van der Waals surface area (Å²) in [5, 5.41) is 5.03. The summed E-state index contributed by atoms with van der Waals surface area (Å²) in [6, 6.07) is 40.9. The molecule has 5 aliphatic rings. The third kappa shape index (κ3) is 7.59. The van der Waals surface area contributed by atoms with Gasteiger partial charge in [0, 0.05) is 70.8 Å². The lowest BCUT2D eigenvalue weighted by Crippen LogP contribution is -2.35. The number of benzene rings is 4. The number of nitrogens with one attached hydrogen (secondary N) is 3. The first-order valence-corrected chi connectivity index (χ1v) is 25.5. The number of ether oxygens (including phenoxy) is 2. The summed E-state index contributed by atoms with van der Waals surface area (Å²) in [4.78, 5) is 46.6. The first-order valence-electron chi connectivity index (χ1n) is 25.5. The average Bonchev–Trinajstić information content (AvgIpc) is 4.18. The topological polar surface area (TPSA) is 126 Å². The van der Waals surface area contributed by atoms with Gasteiger partial charge in [0.15, 0.2) is 0 Å². The van der Waals surface area contributed by atoms with E-state index in [0.717, 1.165) is 92.7 Å². The number of hydrogen-bond acceptors (Lipinski definition) is 6. The lowest BCUT2D eigenvalue weighted by atomic mass is 9.53. The number of carbonyl (C=O) groups is 2. The predicted octanol–water partition coefficient (Wildman–Crippen LogP) is 14.0. The van der Waals surface area contributed by atoms with E-state index >= 15 is 0 Å². The van der Waals surface area contributed by atoms with Gasteiger partial charge in [-0.05, 0) is 166 Å². The molecule has 9 nitrogen and oxygen atoms in total. The van der Waals surface area contributed by atoms with Crippen LogP contribution in [0.2, 0.25) is 0 Å². The monoisotopic (exact) mass is 937 g/mol. The van der Waals surface area contributed by atoms with Crippen molar-refractivity contribution in [2.45, 2.75) is 104 Å². The molecule has 13 rings (SSSR count). The highest BCUT2D eigenvalue weighted by molar-refractivity contribution is 5.93. The van der Waals surface area contributed by atoms with Crippen LogP contribution in [0.15, 0.2) is 109 Å². The Balaban J connectivity index is 1.15. The molecule has 2 unspecified atom stereocenters. The fraction of sp³-hybridized carbons (Fsp3) is 0.290. The maximum Gasteiger partial charge on any atom is 0.302 e. The van der Waals surface area contributed by atoms with Gasteiger partial charge in [-0.15, -0.1) is 0 Å². The molecular weight excluding hydrogens is 879 g/mol. The second-order valence-corrected chi connectivity index (χ2v) is 20.0. The molecule has 9 heteroatoms.